The van der Waals surface area contributed by atoms with Crippen LogP contribution in [0.4, 0.5) is 30.2 Å². The predicted molar refractivity (Wildman–Crippen MR) is 122 cm³/mol. The van der Waals surface area contributed by atoms with Crippen LogP contribution in [0.1, 0.15) is 49.1 Å². The van der Waals surface area contributed by atoms with Crippen LogP contribution in [-0.4, -0.2) is 26.2 Å². The minimum absolute atomic E-state index is 0.488. The van der Waals surface area contributed by atoms with Gasteiger partial charge in [-0.2, -0.15) is 13.2 Å². The van der Waals surface area contributed by atoms with Gasteiger partial charge in [0.2, 0.25) is 0 Å². The van der Waals surface area contributed by atoms with Crippen LogP contribution < -0.4 is 21.7 Å². The van der Waals surface area contributed by atoms with Crippen molar-refractivity contribution in [3.05, 3.63) is 41.5 Å². The number of rotatable bonds is 8. The molecule has 0 saturated heterocycles. The summed E-state index contributed by atoms with van der Waals surface area (Å²) in [6, 6.07) is 8.84. The van der Waals surface area contributed by atoms with E-state index in [2.05, 4.69) is 34.1 Å². The molecule has 4 rings (SSSR count). The van der Waals surface area contributed by atoms with E-state index < -0.39 is 11.7 Å². The van der Waals surface area contributed by atoms with Crippen LogP contribution in [0.2, 0.25) is 0 Å². The Kier molecular flexibility index (Phi) is 6.99. The zero-order valence-electron chi connectivity index (χ0n) is 17.4. The summed E-state index contributed by atoms with van der Waals surface area (Å²) in [5, 5.41) is 9.78. The van der Waals surface area contributed by atoms with Crippen LogP contribution in [0.5, 0.6) is 0 Å². The van der Waals surface area contributed by atoms with E-state index in [0.717, 1.165) is 30.1 Å². The van der Waals surface area contributed by atoms with Crippen LogP contribution in [-0.2, 0) is 6.18 Å². The Balaban J connectivity index is 1.56. The molecule has 8 heteroatoms. The van der Waals surface area contributed by atoms with E-state index >= 15 is 0 Å². The maximum atomic E-state index is 13.6. The average molecular weight is 451 g/mol. The number of hydrogen-bond donors (Lipinski definition) is 4. The Hall–Kier alpha value is -1.90. The van der Waals surface area contributed by atoms with E-state index in [1.54, 1.807) is 0 Å². The lowest BCUT2D eigenvalue weighted by molar-refractivity contribution is -0.137. The van der Waals surface area contributed by atoms with Crippen LogP contribution in [0, 0.1) is 0 Å². The monoisotopic (exact) mass is 450 g/mol. The molecule has 31 heavy (non-hydrogen) atoms. The van der Waals surface area contributed by atoms with E-state index in [9.17, 15) is 13.2 Å². The molecule has 0 spiro atoms. The highest BCUT2D eigenvalue weighted by atomic mass is 32.2. The molecule has 4 nitrogen and oxygen atoms in total. The van der Waals surface area contributed by atoms with E-state index in [1.807, 2.05) is 0 Å². The van der Waals surface area contributed by atoms with Crippen molar-refractivity contribution in [1.82, 2.24) is 5.32 Å². The Labute approximate surface area is 185 Å². The molecule has 0 amide bonds. The molecular formula is C23H29F3N4S. The fourth-order valence-corrected chi connectivity index (χ4v) is 5.39. The molecule has 0 unspecified atom stereocenters. The Morgan fingerprint density at radius 1 is 1.03 bits per heavy atom. The van der Waals surface area contributed by atoms with Crippen molar-refractivity contribution in [2.75, 3.05) is 36.8 Å². The lowest BCUT2D eigenvalue weighted by Gasteiger charge is -2.26. The summed E-state index contributed by atoms with van der Waals surface area (Å²) in [5.74, 6) is 0.568. The van der Waals surface area contributed by atoms with Crippen LogP contribution in [0.3, 0.4) is 0 Å². The highest BCUT2D eigenvalue weighted by Gasteiger charge is 2.33. The molecule has 5 N–H and O–H groups in total. The third-order valence-corrected chi connectivity index (χ3v) is 7.01. The number of anilines is 3. The quantitative estimate of drug-likeness (QED) is 0.321. The summed E-state index contributed by atoms with van der Waals surface area (Å²) in [5.41, 5.74) is 8.28. The van der Waals surface area contributed by atoms with Gasteiger partial charge in [-0.1, -0.05) is 30.7 Å². The molecule has 1 heterocycles. The van der Waals surface area contributed by atoms with Crippen molar-refractivity contribution in [3.63, 3.8) is 0 Å². The molecule has 2 aromatic carbocycles. The van der Waals surface area contributed by atoms with Gasteiger partial charge in [-0.3, -0.25) is 0 Å². The van der Waals surface area contributed by atoms with Crippen LogP contribution >= 0.6 is 11.8 Å². The van der Waals surface area contributed by atoms with E-state index in [4.69, 9.17) is 5.73 Å². The number of nitrogens with one attached hydrogen (secondary N) is 3. The van der Waals surface area contributed by atoms with Gasteiger partial charge in [0.05, 0.1) is 22.6 Å². The van der Waals surface area contributed by atoms with Gasteiger partial charge in [-0.15, -0.1) is 0 Å². The Morgan fingerprint density at radius 2 is 1.84 bits per heavy atom. The van der Waals surface area contributed by atoms with Crippen molar-refractivity contribution >= 4 is 28.8 Å². The van der Waals surface area contributed by atoms with E-state index in [-0.39, 0.29) is 0 Å². The molecule has 168 valence electrons. The maximum Gasteiger partial charge on any atom is 0.416 e. The molecule has 1 aliphatic heterocycles. The molecule has 0 radical (unpaired) electrons. The van der Waals surface area contributed by atoms with E-state index in [1.165, 1.54) is 55.1 Å². The fourth-order valence-electron chi connectivity index (χ4n) is 4.28. The predicted octanol–water partition coefficient (Wildman–Crippen LogP) is 5.92. The number of benzene rings is 2. The van der Waals surface area contributed by atoms with Crippen molar-refractivity contribution < 1.29 is 13.2 Å². The Morgan fingerprint density at radius 3 is 2.58 bits per heavy atom. The second-order valence-electron chi connectivity index (χ2n) is 8.18. The highest BCUT2D eigenvalue weighted by molar-refractivity contribution is 7.99. The standard InChI is InChI=1S/C23H29F3N4S/c24-23(25,26)17-13-19(29-10-3-9-28-11-8-27)22-21(14-17)31-20-12-16(6-7-18(20)30-22)15-4-1-2-5-15/h6-7,12-15,28-30H,1-5,8-11,27H2. The molecule has 1 aliphatic carbocycles. The van der Waals surface area contributed by atoms with Gasteiger partial charge in [0.25, 0.3) is 0 Å². The van der Waals surface area contributed by atoms with E-state index in [0.29, 0.717) is 35.3 Å². The number of halogens is 3. The summed E-state index contributed by atoms with van der Waals surface area (Å²) in [4.78, 5) is 1.60. The largest absolute Gasteiger partial charge is 0.416 e. The summed E-state index contributed by atoms with van der Waals surface area (Å²) < 4.78 is 40.7. The van der Waals surface area contributed by atoms with Crippen molar-refractivity contribution in [2.45, 2.75) is 54.0 Å². The van der Waals surface area contributed by atoms with Gasteiger partial charge in [0, 0.05) is 29.4 Å². The van der Waals surface area contributed by atoms with Crippen molar-refractivity contribution in [1.29, 1.82) is 0 Å². The molecule has 2 aliphatic rings. The SMILES string of the molecule is NCCNCCCNc1cc(C(F)(F)F)cc2c1Nc1ccc(C3CCCC3)cc1S2. The first-order valence-electron chi connectivity index (χ1n) is 10.9. The van der Waals surface area contributed by atoms with Gasteiger partial charge in [0.15, 0.2) is 0 Å². The fraction of sp³-hybridized carbons (Fsp3) is 0.478. The number of hydrogen-bond acceptors (Lipinski definition) is 5. The second-order valence-corrected chi connectivity index (χ2v) is 9.26. The van der Waals surface area contributed by atoms with Crippen LogP contribution in [0.15, 0.2) is 40.1 Å². The normalized spacial score (nSPS) is 16.0. The maximum absolute atomic E-state index is 13.6. The molecule has 0 atom stereocenters. The molecule has 0 aromatic heterocycles. The smallest absolute Gasteiger partial charge is 0.383 e. The van der Waals surface area contributed by atoms with Gasteiger partial charge in [-0.25, -0.2) is 0 Å². The third-order valence-electron chi connectivity index (χ3n) is 5.91. The topological polar surface area (TPSA) is 62.1 Å². The van der Waals surface area contributed by atoms with Crippen molar-refractivity contribution in [3.8, 4) is 0 Å². The lowest BCUT2D eigenvalue weighted by atomic mass is 9.97. The summed E-state index contributed by atoms with van der Waals surface area (Å²) in [7, 11) is 0. The van der Waals surface area contributed by atoms with Gasteiger partial charge in [0.1, 0.15) is 0 Å². The lowest BCUT2D eigenvalue weighted by Crippen LogP contribution is -2.24. The molecular weight excluding hydrogens is 421 g/mol. The number of alkyl halides is 3. The van der Waals surface area contributed by atoms with Gasteiger partial charge >= 0.3 is 6.18 Å². The zero-order valence-corrected chi connectivity index (χ0v) is 18.3. The molecule has 2 aromatic rings. The zero-order chi connectivity index (χ0) is 21.8. The first-order valence-corrected chi connectivity index (χ1v) is 11.8. The highest BCUT2D eigenvalue weighted by Crippen LogP contribution is 2.50. The average Bonchev–Trinajstić information content (AvgIpc) is 3.28. The first kappa shape index (κ1) is 22.3. The minimum Gasteiger partial charge on any atom is -0.383 e. The number of fused-ring (bicyclic) bond motifs is 2. The minimum atomic E-state index is -4.39. The number of nitrogens with two attached hydrogens (primary N) is 1. The molecule has 1 saturated carbocycles. The third kappa shape index (κ3) is 5.30. The van der Waals surface area contributed by atoms with Gasteiger partial charge < -0.3 is 21.7 Å². The Bertz CT molecular complexity index is 910. The first-order chi connectivity index (χ1) is 15.0. The second kappa shape index (κ2) is 9.71. The summed E-state index contributed by atoms with van der Waals surface area (Å²) >= 11 is 1.42. The molecule has 1 fully saturated rings. The van der Waals surface area contributed by atoms with Crippen LogP contribution in [0.25, 0.3) is 0 Å². The van der Waals surface area contributed by atoms with Gasteiger partial charge in [-0.05, 0) is 61.6 Å². The summed E-state index contributed by atoms with van der Waals surface area (Å²) in [6.45, 7) is 2.64. The molecule has 0 bridgehead atoms. The van der Waals surface area contributed by atoms with Crippen molar-refractivity contribution in [2.24, 2.45) is 5.73 Å². The summed E-state index contributed by atoms with van der Waals surface area (Å²) in [6.07, 6.45) is 1.29.